The number of halogens is 6. The Bertz CT molecular complexity index is 1030. The van der Waals surface area contributed by atoms with E-state index in [-0.39, 0.29) is 56.1 Å². The Hall–Kier alpha value is -2.19. The fraction of sp³-hybridized carbons (Fsp3) is 0.792. The molecule has 2 bridgehead atoms. The van der Waals surface area contributed by atoms with Gasteiger partial charge in [-0.3, -0.25) is 4.79 Å². The first kappa shape index (κ1) is 27.4. The molecule has 0 unspecified atom stereocenters. The van der Waals surface area contributed by atoms with Gasteiger partial charge in [-0.15, -0.1) is 0 Å². The summed E-state index contributed by atoms with van der Waals surface area (Å²) in [6.07, 6.45) is -7.80. The lowest BCUT2D eigenvalue weighted by molar-refractivity contribution is -0.174. The third kappa shape index (κ3) is 5.44. The molecule has 3 saturated heterocycles. The molecule has 1 N–H and O–H groups in total. The quantitative estimate of drug-likeness (QED) is 0.545. The molecular formula is C24H31F6N5O3. The average molecular weight is 552 g/mol. The van der Waals surface area contributed by atoms with Crippen molar-refractivity contribution in [3.8, 4) is 0 Å². The summed E-state index contributed by atoms with van der Waals surface area (Å²) in [6.45, 7) is 1.24. The molecule has 4 aliphatic rings. The molecule has 1 amide bonds. The lowest BCUT2D eigenvalue weighted by Gasteiger charge is -2.40. The van der Waals surface area contributed by atoms with E-state index in [1.807, 2.05) is 0 Å². The summed E-state index contributed by atoms with van der Waals surface area (Å²) >= 11 is 0. The molecule has 0 radical (unpaired) electrons. The van der Waals surface area contributed by atoms with Crippen LogP contribution in [-0.4, -0.2) is 90.6 Å². The summed E-state index contributed by atoms with van der Waals surface area (Å²) in [5.74, 6) is -0.606. The number of hydrogen-bond donors (Lipinski definition) is 1. The number of hydrogen-bond acceptors (Lipinski definition) is 7. The van der Waals surface area contributed by atoms with Gasteiger partial charge in [-0.05, 0) is 38.2 Å². The first-order chi connectivity index (χ1) is 17.9. The van der Waals surface area contributed by atoms with Crippen molar-refractivity contribution in [3.05, 3.63) is 18.0 Å². The lowest BCUT2D eigenvalue weighted by Crippen LogP contribution is -2.55. The van der Waals surface area contributed by atoms with Crippen molar-refractivity contribution in [1.82, 2.24) is 20.2 Å². The SMILES string of the molecule is CO[C@@H]1COCC[C@@H]1N[C@@H]1CC[C@](CC(F)(F)F)(C(=O)N2C[C@@H]3C[C@H]2CN3c2nccc(C(F)(F)F)n2)C1. The maximum Gasteiger partial charge on any atom is 0.433 e. The number of methoxy groups -OCH3 is 1. The zero-order valence-electron chi connectivity index (χ0n) is 20.9. The molecule has 3 aliphatic heterocycles. The molecule has 14 heteroatoms. The molecule has 1 aromatic rings. The predicted octanol–water partition coefficient (Wildman–Crippen LogP) is 3.17. The molecule has 4 fully saturated rings. The van der Waals surface area contributed by atoms with Crippen LogP contribution in [0.4, 0.5) is 32.3 Å². The zero-order chi connectivity index (χ0) is 27.3. The number of fused-ring (bicyclic) bond motifs is 2. The van der Waals surface area contributed by atoms with E-state index in [4.69, 9.17) is 9.47 Å². The van der Waals surface area contributed by atoms with Gasteiger partial charge >= 0.3 is 12.4 Å². The van der Waals surface area contributed by atoms with Crippen molar-refractivity contribution in [2.45, 2.75) is 81.1 Å². The summed E-state index contributed by atoms with van der Waals surface area (Å²) in [4.78, 5) is 24.5. The van der Waals surface area contributed by atoms with Crippen LogP contribution in [0, 0.1) is 5.41 Å². The van der Waals surface area contributed by atoms with Gasteiger partial charge in [0.25, 0.3) is 0 Å². The topological polar surface area (TPSA) is 79.8 Å². The number of aromatic nitrogens is 2. The normalized spacial score (nSPS) is 33.8. The number of ether oxygens (including phenoxy) is 2. The monoisotopic (exact) mass is 551 g/mol. The van der Waals surface area contributed by atoms with E-state index in [9.17, 15) is 31.1 Å². The number of carbonyl (C=O) groups is 1. The highest BCUT2D eigenvalue weighted by molar-refractivity contribution is 5.84. The molecule has 1 aliphatic carbocycles. The van der Waals surface area contributed by atoms with Gasteiger partial charge in [-0.25, -0.2) is 9.97 Å². The number of anilines is 1. The van der Waals surface area contributed by atoms with Crippen LogP contribution < -0.4 is 10.2 Å². The van der Waals surface area contributed by atoms with Crippen molar-refractivity contribution in [3.63, 3.8) is 0 Å². The van der Waals surface area contributed by atoms with Gasteiger partial charge in [0.15, 0.2) is 0 Å². The lowest BCUT2D eigenvalue weighted by atomic mass is 9.80. The van der Waals surface area contributed by atoms with E-state index in [1.54, 1.807) is 12.0 Å². The number of carbonyl (C=O) groups excluding carboxylic acids is 1. The zero-order valence-corrected chi connectivity index (χ0v) is 20.9. The van der Waals surface area contributed by atoms with Crippen LogP contribution in [0.15, 0.2) is 12.3 Å². The van der Waals surface area contributed by atoms with Gasteiger partial charge in [0.2, 0.25) is 11.9 Å². The number of piperazine rings is 1. The fourth-order valence-corrected chi connectivity index (χ4v) is 6.63. The van der Waals surface area contributed by atoms with Gasteiger partial charge in [0, 0.05) is 45.1 Å². The fourth-order valence-electron chi connectivity index (χ4n) is 6.63. The molecule has 1 aromatic heterocycles. The third-order valence-corrected chi connectivity index (χ3v) is 8.35. The Morgan fingerprint density at radius 2 is 2.00 bits per heavy atom. The number of nitrogens with zero attached hydrogens (tertiary/aromatic N) is 4. The van der Waals surface area contributed by atoms with Crippen LogP contribution >= 0.6 is 0 Å². The van der Waals surface area contributed by atoms with Crippen LogP contribution in [0.2, 0.25) is 0 Å². The molecule has 8 nitrogen and oxygen atoms in total. The molecule has 1 saturated carbocycles. The maximum atomic E-state index is 13.8. The standard InChI is InChI=1S/C24H31F6N5O3/c1-37-18-12-38-7-4-17(18)32-14-2-5-22(9-14,13-23(25,26)27)20(36)34-10-16-8-15(34)11-35(16)21-31-6-3-19(33-21)24(28,29)30/h3,6,14-18,32H,2,4-5,7-13H2,1H3/t14-,15+,16+,17+,18-,22+/m1/s1. The van der Waals surface area contributed by atoms with Crippen molar-refractivity contribution < 1.29 is 40.6 Å². The van der Waals surface area contributed by atoms with Gasteiger partial charge in [-0.2, -0.15) is 26.3 Å². The smallest absolute Gasteiger partial charge is 0.379 e. The Morgan fingerprint density at radius 3 is 2.66 bits per heavy atom. The van der Waals surface area contributed by atoms with Crippen LogP contribution in [0.5, 0.6) is 0 Å². The maximum absolute atomic E-state index is 13.8. The second kappa shape index (κ2) is 10.1. The molecule has 38 heavy (non-hydrogen) atoms. The van der Waals surface area contributed by atoms with E-state index in [0.29, 0.717) is 32.5 Å². The molecular weight excluding hydrogens is 520 g/mol. The minimum atomic E-state index is -4.62. The van der Waals surface area contributed by atoms with Crippen LogP contribution in [-0.2, 0) is 20.4 Å². The average Bonchev–Trinajstić information content (AvgIpc) is 3.58. The third-order valence-electron chi connectivity index (χ3n) is 8.35. The second-order valence-corrected chi connectivity index (χ2v) is 10.8. The van der Waals surface area contributed by atoms with Gasteiger partial charge in [0.05, 0.1) is 36.6 Å². The summed E-state index contributed by atoms with van der Waals surface area (Å²) in [7, 11) is 1.57. The van der Waals surface area contributed by atoms with Gasteiger partial charge < -0.3 is 24.6 Å². The molecule has 212 valence electrons. The number of nitrogens with one attached hydrogen (secondary N) is 1. The van der Waals surface area contributed by atoms with Crippen molar-refractivity contribution >= 4 is 11.9 Å². The second-order valence-electron chi connectivity index (χ2n) is 10.8. The Balaban J connectivity index is 1.29. The summed E-state index contributed by atoms with van der Waals surface area (Å²) < 4.78 is 91.5. The minimum Gasteiger partial charge on any atom is -0.379 e. The first-order valence-corrected chi connectivity index (χ1v) is 12.8. The molecule has 4 heterocycles. The number of amides is 1. The van der Waals surface area contributed by atoms with Gasteiger partial charge in [-0.1, -0.05) is 0 Å². The number of alkyl halides is 6. The highest BCUT2D eigenvalue weighted by atomic mass is 19.4. The number of rotatable bonds is 6. The van der Waals surface area contributed by atoms with Gasteiger partial charge in [0.1, 0.15) is 5.69 Å². The predicted molar refractivity (Wildman–Crippen MR) is 122 cm³/mol. The summed E-state index contributed by atoms with van der Waals surface area (Å²) in [5.41, 5.74) is -2.64. The van der Waals surface area contributed by atoms with Crippen LogP contribution in [0.3, 0.4) is 0 Å². The summed E-state index contributed by atoms with van der Waals surface area (Å²) in [5, 5.41) is 3.43. The van der Waals surface area contributed by atoms with E-state index >= 15 is 0 Å². The molecule has 0 aromatic carbocycles. The number of likely N-dealkylation sites (tertiary alicyclic amines) is 1. The molecule has 0 spiro atoms. The van der Waals surface area contributed by atoms with Crippen LogP contribution in [0.25, 0.3) is 0 Å². The largest absolute Gasteiger partial charge is 0.433 e. The Labute approximate surface area is 216 Å². The molecule has 6 atom stereocenters. The highest BCUT2D eigenvalue weighted by Crippen LogP contribution is 2.49. The first-order valence-electron chi connectivity index (χ1n) is 12.8. The Kier molecular flexibility index (Phi) is 7.27. The van der Waals surface area contributed by atoms with Crippen LogP contribution in [0.1, 0.15) is 44.2 Å². The highest BCUT2D eigenvalue weighted by Gasteiger charge is 2.57. The summed E-state index contributed by atoms with van der Waals surface area (Å²) in [6, 6.07) is -0.309. The van der Waals surface area contributed by atoms with E-state index in [0.717, 1.165) is 12.3 Å². The van der Waals surface area contributed by atoms with E-state index in [1.165, 1.54) is 4.90 Å². The van der Waals surface area contributed by atoms with E-state index < -0.39 is 41.8 Å². The van der Waals surface area contributed by atoms with Crippen molar-refractivity contribution in [2.75, 3.05) is 38.3 Å². The Morgan fingerprint density at radius 1 is 1.21 bits per heavy atom. The van der Waals surface area contributed by atoms with Crippen molar-refractivity contribution in [2.24, 2.45) is 5.41 Å². The van der Waals surface area contributed by atoms with Crippen molar-refractivity contribution in [1.29, 1.82) is 0 Å². The molecule has 5 rings (SSSR count). The van der Waals surface area contributed by atoms with E-state index in [2.05, 4.69) is 15.3 Å². The minimum absolute atomic E-state index is 0.0630.